The number of amides is 1. The number of aryl methyl sites for hydroxylation is 2. The number of benzene rings is 2. The fraction of sp³-hybridized carbons (Fsp3) is 0.235. The van der Waals surface area contributed by atoms with Crippen molar-refractivity contribution in [1.82, 2.24) is 0 Å². The van der Waals surface area contributed by atoms with Gasteiger partial charge >= 0.3 is 0 Å². The van der Waals surface area contributed by atoms with Crippen LogP contribution in [0.15, 0.2) is 48.5 Å². The molecule has 0 saturated carbocycles. The molecular weight excluding hydrogens is 248 g/mol. The maximum Gasteiger partial charge on any atom is 0.247 e. The molecule has 102 valence electrons. The third-order valence-corrected chi connectivity index (χ3v) is 4.04. The Kier molecular flexibility index (Phi) is 2.97. The molecule has 0 spiro atoms. The second kappa shape index (κ2) is 4.67. The molecule has 1 amide bonds. The Hall–Kier alpha value is -2.29. The third kappa shape index (κ3) is 1.95. The summed E-state index contributed by atoms with van der Waals surface area (Å²) < 4.78 is 0. The Morgan fingerprint density at radius 1 is 1.20 bits per heavy atom. The Balaban J connectivity index is 2.05. The lowest BCUT2D eigenvalue weighted by Crippen LogP contribution is -2.46. The van der Waals surface area contributed by atoms with Gasteiger partial charge in [-0.3, -0.25) is 4.79 Å². The number of primary amides is 1. The number of fused-ring (bicyclic) bond motifs is 1. The van der Waals surface area contributed by atoms with E-state index in [1.54, 1.807) is 0 Å². The summed E-state index contributed by atoms with van der Waals surface area (Å²) in [5.41, 5.74) is 9.24. The third-order valence-electron chi connectivity index (χ3n) is 4.04. The van der Waals surface area contributed by atoms with Crippen molar-refractivity contribution in [1.29, 1.82) is 0 Å². The normalized spacial score (nSPS) is 20.4. The van der Waals surface area contributed by atoms with E-state index in [0.29, 0.717) is 6.42 Å². The fourth-order valence-corrected chi connectivity index (χ4v) is 3.03. The van der Waals surface area contributed by atoms with Crippen molar-refractivity contribution in [2.75, 3.05) is 5.32 Å². The first-order chi connectivity index (χ1) is 9.62. The molecule has 1 atom stereocenters. The zero-order valence-corrected chi connectivity index (χ0v) is 11.5. The molecule has 3 nitrogen and oxygen atoms in total. The molecular formula is C17H18N2O. The van der Waals surface area contributed by atoms with Crippen LogP contribution in [0.25, 0.3) is 0 Å². The molecule has 0 aliphatic heterocycles. The number of hydrogen-bond acceptors (Lipinski definition) is 2. The molecule has 0 aromatic heterocycles. The largest absolute Gasteiger partial charge is 0.368 e. The first kappa shape index (κ1) is 12.7. The van der Waals surface area contributed by atoms with E-state index in [1.807, 2.05) is 49.4 Å². The van der Waals surface area contributed by atoms with Crippen molar-refractivity contribution in [2.24, 2.45) is 5.73 Å². The van der Waals surface area contributed by atoms with Crippen LogP contribution in [0.4, 0.5) is 5.69 Å². The van der Waals surface area contributed by atoms with E-state index in [-0.39, 0.29) is 5.91 Å². The highest BCUT2D eigenvalue weighted by Gasteiger charge is 2.43. The minimum Gasteiger partial charge on any atom is -0.368 e. The number of rotatable bonds is 3. The topological polar surface area (TPSA) is 55.1 Å². The number of carbonyl (C=O) groups excluding carboxylic acids is 1. The van der Waals surface area contributed by atoms with Gasteiger partial charge in [0.05, 0.1) is 0 Å². The first-order valence-corrected chi connectivity index (χ1v) is 6.85. The van der Waals surface area contributed by atoms with Gasteiger partial charge in [-0.05, 0) is 48.6 Å². The van der Waals surface area contributed by atoms with Crippen LogP contribution >= 0.6 is 0 Å². The van der Waals surface area contributed by atoms with E-state index >= 15 is 0 Å². The van der Waals surface area contributed by atoms with Crippen molar-refractivity contribution in [3.05, 3.63) is 65.2 Å². The molecule has 0 heterocycles. The van der Waals surface area contributed by atoms with Gasteiger partial charge < -0.3 is 11.1 Å². The Labute approximate surface area is 118 Å². The summed E-state index contributed by atoms with van der Waals surface area (Å²) in [6, 6.07) is 16.0. The molecule has 0 bridgehead atoms. The van der Waals surface area contributed by atoms with Gasteiger partial charge in [-0.15, -0.1) is 0 Å². The molecule has 1 aliphatic rings. The van der Waals surface area contributed by atoms with Gasteiger partial charge in [0.15, 0.2) is 0 Å². The molecule has 1 unspecified atom stereocenters. The first-order valence-electron chi connectivity index (χ1n) is 6.85. The standard InChI is InChI=1S/C17H18N2O/c1-12-5-4-7-14(11-12)19-17(16(18)20)10-9-13-6-2-3-8-15(13)17/h2-8,11,19H,9-10H2,1H3,(H2,18,20). The van der Waals surface area contributed by atoms with Crippen LogP contribution in [0.1, 0.15) is 23.1 Å². The highest BCUT2D eigenvalue weighted by Crippen LogP contribution is 2.39. The van der Waals surface area contributed by atoms with Crippen molar-refractivity contribution >= 4 is 11.6 Å². The van der Waals surface area contributed by atoms with Crippen molar-refractivity contribution in [3.8, 4) is 0 Å². The van der Waals surface area contributed by atoms with Gasteiger partial charge in [0.1, 0.15) is 5.54 Å². The Bertz CT molecular complexity index is 666. The van der Waals surface area contributed by atoms with Crippen molar-refractivity contribution < 1.29 is 4.79 Å². The number of nitrogens with one attached hydrogen (secondary N) is 1. The maximum absolute atomic E-state index is 12.1. The highest BCUT2D eigenvalue weighted by molar-refractivity contribution is 5.90. The minimum absolute atomic E-state index is 0.316. The SMILES string of the molecule is Cc1cccc(NC2(C(N)=O)CCc3ccccc32)c1. The van der Waals surface area contributed by atoms with Crippen LogP contribution in [0.3, 0.4) is 0 Å². The molecule has 3 rings (SSSR count). The van der Waals surface area contributed by atoms with Crippen LogP contribution in [-0.4, -0.2) is 5.91 Å². The lowest BCUT2D eigenvalue weighted by atomic mass is 9.90. The van der Waals surface area contributed by atoms with E-state index in [1.165, 1.54) is 5.56 Å². The van der Waals surface area contributed by atoms with Gasteiger partial charge in [-0.2, -0.15) is 0 Å². The zero-order chi connectivity index (χ0) is 14.2. The van der Waals surface area contributed by atoms with Gasteiger partial charge in [-0.1, -0.05) is 36.4 Å². The summed E-state index contributed by atoms with van der Waals surface area (Å²) in [6.45, 7) is 2.03. The van der Waals surface area contributed by atoms with E-state index in [2.05, 4.69) is 11.4 Å². The average Bonchev–Trinajstić information content (AvgIpc) is 2.79. The Morgan fingerprint density at radius 3 is 2.75 bits per heavy atom. The molecule has 3 heteroatoms. The van der Waals surface area contributed by atoms with Gasteiger partial charge in [0.2, 0.25) is 5.91 Å². The smallest absolute Gasteiger partial charge is 0.247 e. The van der Waals surface area contributed by atoms with Crippen LogP contribution < -0.4 is 11.1 Å². The van der Waals surface area contributed by atoms with Crippen LogP contribution in [0.5, 0.6) is 0 Å². The molecule has 1 aliphatic carbocycles. The summed E-state index contributed by atoms with van der Waals surface area (Å²) >= 11 is 0. The molecule has 2 aromatic rings. The summed E-state index contributed by atoms with van der Waals surface area (Å²) in [6.07, 6.45) is 1.58. The molecule has 0 fully saturated rings. The van der Waals surface area contributed by atoms with Crippen LogP contribution in [-0.2, 0) is 16.8 Å². The van der Waals surface area contributed by atoms with E-state index in [0.717, 1.165) is 23.2 Å². The maximum atomic E-state index is 12.1. The fourth-order valence-electron chi connectivity index (χ4n) is 3.03. The number of anilines is 1. The number of carbonyl (C=O) groups is 1. The van der Waals surface area contributed by atoms with E-state index in [9.17, 15) is 4.79 Å². The van der Waals surface area contributed by atoms with E-state index < -0.39 is 5.54 Å². The number of hydrogen-bond donors (Lipinski definition) is 2. The lowest BCUT2D eigenvalue weighted by molar-refractivity contribution is -0.122. The predicted molar refractivity (Wildman–Crippen MR) is 80.4 cm³/mol. The monoisotopic (exact) mass is 266 g/mol. The molecule has 0 saturated heterocycles. The molecule has 3 N–H and O–H groups in total. The molecule has 2 aromatic carbocycles. The summed E-state index contributed by atoms with van der Waals surface area (Å²) in [7, 11) is 0. The van der Waals surface area contributed by atoms with E-state index in [4.69, 9.17) is 5.73 Å². The van der Waals surface area contributed by atoms with Crippen LogP contribution in [0, 0.1) is 6.92 Å². The minimum atomic E-state index is -0.787. The Morgan fingerprint density at radius 2 is 2.00 bits per heavy atom. The summed E-state index contributed by atoms with van der Waals surface area (Å²) in [5.74, 6) is -0.316. The number of nitrogens with two attached hydrogens (primary N) is 1. The summed E-state index contributed by atoms with van der Waals surface area (Å²) in [5, 5.41) is 3.38. The van der Waals surface area contributed by atoms with Crippen molar-refractivity contribution in [2.45, 2.75) is 25.3 Å². The lowest BCUT2D eigenvalue weighted by Gasteiger charge is -2.29. The predicted octanol–water partition coefficient (Wildman–Crippen LogP) is 2.73. The van der Waals surface area contributed by atoms with Crippen LogP contribution in [0.2, 0.25) is 0 Å². The highest BCUT2D eigenvalue weighted by atomic mass is 16.1. The van der Waals surface area contributed by atoms with Gasteiger partial charge in [-0.25, -0.2) is 0 Å². The molecule has 20 heavy (non-hydrogen) atoms. The van der Waals surface area contributed by atoms with Gasteiger partial charge in [0, 0.05) is 5.69 Å². The molecule has 0 radical (unpaired) electrons. The summed E-state index contributed by atoms with van der Waals surface area (Å²) in [4.78, 5) is 12.1. The quantitative estimate of drug-likeness (QED) is 0.897. The second-order valence-electron chi connectivity index (χ2n) is 5.42. The average molecular weight is 266 g/mol. The van der Waals surface area contributed by atoms with Gasteiger partial charge in [0.25, 0.3) is 0 Å². The second-order valence-corrected chi connectivity index (χ2v) is 5.42. The zero-order valence-electron chi connectivity index (χ0n) is 11.5. The van der Waals surface area contributed by atoms with Crippen molar-refractivity contribution in [3.63, 3.8) is 0 Å².